The molecule has 0 aliphatic heterocycles. The van der Waals surface area contributed by atoms with Crippen molar-refractivity contribution in [2.75, 3.05) is 0 Å². The van der Waals surface area contributed by atoms with Gasteiger partial charge in [0.2, 0.25) is 0 Å². The van der Waals surface area contributed by atoms with Crippen LogP contribution in [0.25, 0.3) is 0 Å². The first-order valence-corrected chi connectivity index (χ1v) is 7.54. The van der Waals surface area contributed by atoms with E-state index in [4.69, 9.17) is 4.55 Å². The van der Waals surface area contributed by atoms with Crippen LogP contribution in [0.1, 0.15) is 44.6 Å². The van der Waals surface area contributed by atoms with E-state index >= 15 is 0 Å². The van der Waals surface area contributed by atoms with E-state index in [9.17, 15) is 8.42 Å². The number of aryl methyl sites for hydroxylation is 1. The van der Waals surface area contributed by atoms with E-state index in [-0.39, 0.29) is 4.90 Å². The van der Waals surface area contributed by atoms with Gasteiger partial charge in [0, 0.05) is 0 Å². The van der Waals surface area contributed by atoms with E-state index < -0.39 is 10.1 Å². The maximum Gasteiger partial charge on any atom is 0.294 e. The molecule has 0 amide bonds. The predicted molar refractivity (Wildman–Crippen MR) is 68.7 cm³/mol. The molecule has 0 spiro atoms. The molecule has 4 heteroatoms. The van der Waals surface area contributed by atoms with Crippen LogP contribution >= 0.6 is 0 Å². The lowest BCUT2D eigenvalue weighted by Crippen LogP contribution is -1.97. The fourth-order valence-corrected chi connectivity index (χ4v) is 2.24. The largest absolute Gasteiger partial charge is 0.294 e. The Morgan fingerprint density at radius 2 is 1.59 bits per heavy atom. The maximum atomic E-state index is 10.8. The summed E-state index contributed by atoms with van der Waals surface area (Å²) in [5.74, 6) is 0. The molecule has 1 aromatic carbocycles. The highest BCUT2D eigenvalue weighted by atomic mass is 32.2. The van der Waals surface area contributed by atoms with Gasteiger partial charge in [0.05, 0.1) is 4.90 Å². The number of hydrogen-bond donors (Lipinski definition) is 1. The summed E-state index contributed by atoms with van der Waals surface area (Å²) >= 11 is 0. The van der Waals surface area contributed by atoms with Crippen LogP contribution in [-0.2, 0) is 16.5 Å². The molecular formula is C13H20O3S. The highest BCUT2D eigenvalue weighted by Gasteiger charge is 2.07. The maximum absolute atomic E-state index is 10.8. The van der Waals surface area contributed by atoms with Crippen LogP contribution in [0.4, 0.5) is 0 Å². The van der Waals surface area contributed by atoms with Crippen LogP contribution < -0.4 is 0 Å². The molecule has 0 bridgehead atoms. The standard InChI is InChI=1S/C13H20O3S/c1-2-3-4-5-6-7-12-8-10-13(11-9-12)17(14,15)16/h8-11H,2-7H2,1H3,(H,14,15,16). The van der Waals surface area contributed by atoms with Crippen molar-refractivity contribution in [3.05, 3.63) is 29.8 Å². The van der Waals surface area contributed by atoms with Crippen molar-refractivity contribution in [3.8, 4) is 0 Å². The first-order chi connectivity index (χ1) is 8.04. The van der Waals surface area contributed by atoms with E-state index in [1.54, 1.807) is 12.1 Å². The van der Waals surface area contributed by atoms with Crippen molar-refractivity contribution < 1.29 is 13.0 Å². The molecule has 0 aliphatic carbocycles. The van der Waals surface area contributed by atoms with Crippen molar-refractivity contribution in [2.45, 2.75) is 50.3 Å². The highest BCUT2D eigenvalue weighted by molar-refractivity contribution is 7.85. The van der Waals surface area contributed by atoms with Crippen molar-refractivity contribution >= 4 is 10.1 Å². The Morgan fingerprint density at radius 1 is 1.00 bits per heavy atom. The molecule has 17 heavy (non-hydrogen) atoms. The molecule has 0 radical (unpaired) electrons. The van der Waals surface area contributed by atoms with Crippen molar-refractivity contribution in [2.24, 2.45) is 0 Å². The molecule has 0 heterocycles. The van der Waals surface area contributed by atoms with Crippen LogP contribution in [0.5, 0.6) is 0 Å². The Labute approximate surface area is 104 Å². The molecule has 0 saturated carbocycles. The van der Waals surface area contributed by atoms with Gasteiger partial charge in [0.25, 0.3) is 10.1 Å². The molecule has 0 saturated heterocycles. The number of unbranched alkanes of at least 4 members (excludes halogenated alkanes) is 4. The Bertz CT molecular complexity index is 420. The second-order valence-corrected chi connectivity index (χ2v) is 5.70. The summed E-state index contributed by atoms with van der Waals surface area (Å²) < 4.78 is 30.5. The molecule has 1 rings (SSSR count). The van der Waals surface area contributed by atoms with Crippen molar-refractivity contribution in [1.82, 2.24) is 0 Å². The lowest BCUT2D eigenvalue weighted by molar-refractivity contribution is 0.483. The van der Waals surface area contributed by atoms with Gasteiger partial charge in [-0.3, -0.25) is 4.55 Å². The first kappa shape index (κ1) is 14.2. The number of rotatable bonds is 7. The number of benzene rings is 1. The summed E-state index contributed by atoms with van der Waals surface area (Å²) in [6.07, 6.45) is 7.10. The summed E-state index contributed by atoms with van der Waals surface area (Å²) in [5, 5.41) is 0. The Hall–Kier alpha value is -0.870. The molecule has 1 aromatic rings. The van der Waals surface area contributed by atoms with E-state index in [1.165, 1.54) is 37.8 Å². The summed E-state index contributed by atoms with van der Waals surface area (Å²) in [7, 11) is -4.05. The molecule has 3 nitrogen and oxygen atoms in total. The van der Waals surface area contributed by atoms with Crippen LogP contribution in [0.3, 0.4) is 0 Å². The molecule has 0 unspecified atom stereocenters. The van der Waals surface area contributed by atoms with E-state index in [2.05, 4.69) is 6.92 Å². The van der Waals surface area contributed by atoms with E-state index in [0.717, 1.165) is 18.4 Å². The zero-order valence-electron chi connectivity index (χ0n) is 10.2. The number of hydrogen-bond acceptors (Lipinski definition) is 2. The smallest absolute Gasteiger partial charge is 0.282 e. The van der Waals surface area contributed by atoms with Gasteiger partial charge in [0.15, 0.2) is 0 Å². The van der Waals surface area contributed by atoms with Gasteiger partial charge in [-0.05, 0) is 30.5 Å². The van der Waals surface area contributed by atoms with E-state index in [1.807, 2.05) is 0 Å². The molecule has 0 atom stereocenters. The molecule has 1 N–H and O–H groups in total. The summed E-state index contributed by atoms with van der Waals surface area (Å²) in [6.45, 7) is 2.19. The van der Waals surface area contributed by atoms with Gasteiger partial charge in [-0.15, -0.1) is 0 Å². The first-order valence-electron chi connectivity index (χ1n) is 6.10. The predicted octanol–water partition coefficient (Wildman–Crippen LogP) is 3.45. The van der Waals surface area contributed by atoms with Crippen molar-refractivity contribution in [1.29, 1.82) is 0 Å². The summed E-state index contributed by atoms with van der Waals surface area (Å²) in [5.41, 5.74) is 1.12. The van der Waals surface area contributed by atoms with Gasteiger partial charge < -0.3 is 0 Å². The van der Waals surface area contributed by atoms with Gasteiger partial charge in [-0.25, -0.2) is 0 Å². The highest BCUT2D eigenvalue weighted by Crippen LogP contribution is 2.13. The average molecular weight is 256 g/mol. The third-order valence-electron chi connectivity index (χ3n) is 2.79. The van der Waals surface area contributed by atoms with Gasteiger partial charge in [0.1, 0.15) is 0 Å². The summed E-state index contributed by atoms with van der Waals surface area (Å²) in [4.78, 5) is -0.0350. The van der Waals surface area contributed by atoms with Gasteiger partial charge in [-0.2, -0.15) is 8.42 Å². The third kappa shape index (κ3) is 5.33. The van der Waals surface area contributed by atoms with E-state index in [0.29, 0.717) is 0 Å². The second kappa shape index (κ2) is 6.77. The Balaban J connectivity index is 2.41. The Morgan fingerprint density at radius 3 is 2.12 bits per heavy atom. The van der Waals surface area contributed by atoms with Crippen molar-refractivity contribution in [3.63, 3.8) is 0 Å². The molecular weight excluding hydrogens is 236 g/mol. The Kier molecular flexibility index (Phi) is 5.65. The van der Waals surface area contributed by atoms with Crippen LogP contribution in [0.15, 0.2) is 29.2 Å². The fourth-order valence-electron chi connectivity index (χ4n) is 1.76. The molecule has 96 valence electrons. The SMILES string of the molecule is CCCCCCCc1ccc(S(=O)(=O)O)cc1. The van der Waals surface area contributed by atoms with Gasteiger partial charge in [-0.1, -0.05) is 44.7 Å². The van der Waals surface area contributed by atoms with Gasteiger partial charge >= 0.3 is 0 Å². The topological polar surface area (TPSA) is 54.4 Å². The molecule has 0 aromatic heterocycles. The fraction of sp³-hybridized carbons (Fsp3) is 0.538. The minimum absolute atomic E-state index is 0.0350. The van der Waals surface area contributed by atoms with Crippen LogP contribution in [0, 0.1) is 0 Å². The normalized spacial score (nSPS) is 11.6. The average Bonchev–Trinajstić information content (AvgIpc) is 2.28. The monoisotopic (exact) mass is 256 g/mol. The van der Waals surface area contributed by atoms with Crippen LogP contribution in [0.2, 0.25) is 0 Å². The summed E-state index contributed by atoms with van der Waals surface area (Å²) in [6, 6.07) is 6.44. The zero-order valence-corrected chi connectivity index (χ0v) is 11.0. The minimum Gasteiger partial charge on any atom is -0.282 e. The minimum atomic E-state index is -4.05. The lowest BCUT2D eigenvalue weighted by atomic mass is 10.1. The second-order valence-electron chi connectivity index (χ2n) is 4.28. The molecule has 0 aliphatic rings. The lowest BCUT2D eigenvalue weighted by Gasteiger charge is -2.02. The quantitative estimate of drug-likeness (QED) is 0.600. The van der Waals surface area contributed by atoms with Crippen LogP contribution in [-0.4, -0.2) is 13.0 Å². The zero-order chi connectivity index (χ0) is 12.7. The molecule has 0 fully saturated rings. The third-order valence-corrected chi connectivity index (χ3v) is 3.66.